The molecule has 0 fully saturated rings. The molecule has 0 unspecified atom stereocenters. The van der Waals surface area contributed by atoms with Crippen LogP contribution in [0, 0.1) is 0 Å². The monoisotopic (exact) mass is 189 g/mol. The molecule has 0 saturated carbocycles. The van der Waals surface area contributed by atoms with E-state index in [0.29, 0.717) is 5.95 Å². The second-order valence-corrected chi connectivity index (χ2v) is 3.81. The van der Waals surface area contributed by atoms with Gasteiger partial charge in [-0.05, 0) is 22.9 Å². The lowest BCUT2D eigenvalue weighted by Gasteiger charge is -1.95. The zero-order valence-electron chi connectivity index (χ0n) is 6.77. The van der Waals surface area contributed by atoms with Crippen molar-refractivity contribution in [3.05, 3.63) is 29.9 Å². The van der Waals surface area contributed by atoms with Gasteiger partial charge in [-0.3, -0.25) is 4.40 Å². The lowest BCUT2D eigenvalue weighted by Crippen LogP contribution is -1.92. The molecule has 0 atom stereocenters. The summed E-state index contributed by atoms with van der Waals surface area (Å²) in [4.78, 5) is 4.07. The summed E-state index contributed by atoms with van der Waals surface area (Å²) in [6.45, 7) is 0. The van der Waals surface area contributed by atoms with Crippen LogP contribution >= 0.6 is 11.3 Å². The molecule has 3 rings (SSSR count). The van der Waals surface area contributed by atoms with Gasteiger partial charge >= 0.3 is 0 Å². The fourth-order valence-corrected chi connectivity index (χ4v) is 2.41. The Balaban J connectivity index is 2.66. The number of anilines is 1. The number of nitrogen functional groups attached to an aromatic ring is 1. The first-order chi connectivity index (χ1) is 6.36. The second kappa shape index (κ2) is 2.23. The summed E-state index contributed by atoms with van der Waals surface area (Å²) < 4.78 is 3.14. The maximum atomic E-state index is 5.69. The van der Waals surface area contributed by atoms with Crippen LogP contribution in [-0.2, 0) is 0 Å². The molecule has 2 N–H and O–H groups in total. The van der Waals surface area contributed by atoms with E-state index in [1.54, 1.807) is 11.3 Å². The molecule has 4 heteroatoms. The molecule has 0 aliphatic heterocycles. The molecule has 13 heavy (non-hydrogen) atoms. The third-order valence-electron chi connectivity index (χ3n) is 2.16. The number of fused-ring (bicyclic) bond motifs is 3. The minimum atomic E-state index is 0.547. The van der Waals surface area contributed by atoms with Crippen LogP contribution in [0.2, 0.25) is 0 Å². The third-order valence-corrected chi connectivity index (χ3v) is 3.11. The molecule has 0 amide bonds. The lowest BCUT2D eigenvalue weighted by molar-refractivity contribution is 1.18. The molecule has 0 spiro atoms. The topological polar surface area (TPSA) is 43.3 Å². The van der Waals surface area contributed by atoms with E-state index in [0.717, 1.165) is 5.52 Å². The highest BCUT2D eigenvalue weighted by Crippen LogP contribution is 2.26. The molecule has 3 nitrogen and oxygen atoms in total. The van der Waals surface area contributed by atoms with Crippen molar-refractivity contribution in [3.8, 4) is 0 Å². The average Bonchev–Trinajstić information content (AvgIpc) is 2.70. The fraction of sp³-hybridized carbons (Fsp3) is 0. The van der Waals surface area contributed by atoms with Crippen molar-refractivity contribution in [2.75, 3.05) is 5.73 Å². The number of hydrogen-bond acceptors (Lipinski definition) is 3. The SMILES string of the molecule is Nc1ncc2c3sccc3ccn12. The average molecular weight is 189 g/mol. The van der Waals surface area contributed by atoms with E-state index in [4.69, 9.17) is 5.73 Å². The highest BCUT2D eigenvalue weighted by Gasteiger charge is 2.04. The summed E-state index contributed by atoms with van der Waals surface area (Å²) >= 11 is 1.71. The first-order valence-corrected chi connectivity index (χ1v) is 4.83. The largest absolute Gasteiger partial charge is 0.369 e. The van der Waals surface area contributed by atoms with Gasteiger partial charge in [-0.25, -0.2) is 4.98 Å². The van der Waals surface area contributed by atoms with Gasteiger partial charge in [0.2, 0.25) is 5.95 Å². The van der Waals surface area contributed by atoms with Crippen molar-refractivity contribution in [2.24, 2.45) is 0 Å². The maximum Gasteiger partial charge on any atom is 0.204 e. The lowest BCUT2D eigenvalue weighted by atomic mass is 10.3. The summed E-state index contributed by atoms with van der Waals surface area (Å²) in [5, 5.41) is 3.32. The maximum absolute atomic E-state index is 5.69. The van der Waals surface area contributed by atoms with Crippen LogP contribution in [0.15, 0.2) is 29.9 Å². The molecule has 0 bridgehead atoms. The molecular weight excluding hydrogens is 182 g/mol. The number of imidazole rings is 1. The standard InChI is InChI=1S/C9H7N3S/c10-9-11-5-7-8-6(2-4-13-8)1-3-12(7)9/h1-5H,(H2,10,11). The molecule has 3 aromatic heterocycles. The Morgan fingerprint density at radius 1 is 1.38 bits per heavy atom. The molecule has 0 aliphatic carbocycles. The quantitative estimate of drug-likeness (QED) is 0.588. The Kier molecular flexibility index (Phi) is 1.19. The van der Waals surface area contributed by atoms with Crippen molar-refractivity contribution in [1.82, 2.24) is 9.38 Å². The van der Waals surface area contributed by atoms with Crippen molar-refractivity contribution in [1.29, 1.82) is 0 Å². The van der Waals surface area contributed by atoms with Crippen LogP contribution in [0.1, 0.15) is 0 Å². The van der Waals surface area contributed by atoms with Gasteiger partial charge in [0.1, 0.15) is 0 Å². The number of hydrogen-bond donors (Lipinski definition) is 1. The van der Waals surface area contributed by atoms with E-state index in [-0.39, 0.29) is 0 Å². The Morgan fingerprint density at radius 2 is 2.31 bits per heavy atom. The van der Waals surface area contributed by atoms with Crippen LogP contribution in [0.25, 0.3) is 15.6 Å². The summed E-state index contributed by atoms with van der Waals surface area (Å²) in [5.41, 5.74) is 6.78. The number of pyridine rings is 1. The number of nitrogens with zero attached hydrogens (tertiary/aromatic N) is 2. The minimum absolute atomic E-state index is 0.547. The van der Waals surface area contributed by atoms with E-state index >= 15 is 0 Å². The number of rotatable bonds is 0. The molecule has 64 valence electrons. The van der Waals surface area contributed by atoms with Crippen molar-refractivity contribution in [3.63, 3.8) is 0 Å². The number of thiophene rings is 1. The predicted molar refractivity (Wildman–Crippen MR) is 55.0 cm³/mol. The Labute approximate surface area is 78.4 Å². The van der Waals surface area contributed by atoms with Crippen molar-refractivity contribution in [2.45, 2.75) is 0 Å². The normalized spacial score (nSPS) is 11.4. The molecule has 0 aliphatic rings. The van der Waals surface area contributed by atoms with Gasteiger partial charge in [-0.1, -0.05) is 0 Å². The molecule has 3 heterocycles. The number of nitrogens with two attached hydrogens (primary N) is 1. The van der Waals surface area contributed by atoms with Gasteiger partial charge in [-0.15, -0.1) is 11.3 Å². The van der Waals surface area contributed by atoms with Gasteiger partial charge in [0.25, 0.3) is 0 Å². The van der Waals surface area contributed by atoms with Gasteiger partial charge < -0.3 is 5.73 Å². The van der Waals surface area contributed by atoms with Crippen LogP contribution in [0.5, 0.6) is 0 Å². The van der Waals surface area contributed by atoms with E-state index in [9.17, 15) is 0 Å². The van der Waals surface area contributed by atoms with E-state index in [2.05, 4.69) is 22.5 Å². The van der Waals surface area contributed by atoms with Crippen molar-refractivity contribution < 1.29 is 0 Å². The second-order valence-electron chi connectivity index (χ2n) is 2.89. The van der Waals surface area contributed by atoms with Crippen LogP contribution in [0.3, 0.4) is 0 Å². The Bertz CT molecular complexity index is 579. The van der Waals surface area contributed by atoms with E-state index < -0.39 is 0 Å². The van der Waals surface area contributed by atoms with E-state index in [1.165, 1.54) is 10.1 Å². The molecule has 3 aromatic rings. The van der Waals surface area contributed by atoms with Crippen LogP contribution < -0.4 is 5.73 Å². The molecular formula is C9H7N3S. The predicted octanol–water partition coefficient (Wildman–Crippen LogP) is 2.13. The van der Waals surface area contributed by atoms with E-state index in [1.807, 2.05) is 16.8 Å². The first kappa shape index (κ1) is 6.91. The minimum Gasteiger partial charge on any atom is -0.369 e. The Hall–Kier alpha value is -1.55. The highest BCUT2D eigenvalue weighted by molar-refractivity contribution is 7.18. The summed E-state index contributed by atoms with van der Waals surface area (Å²) in [5.74, 6) is 0.547. The molecule has 0 radical (unpaired) electrons. The zero-order valence-corrected chi connectivity index (χ0v) is 7.58. The van der Waals surface area contributed by atoms with Gasteiger partial charge in [-0.2, -0.15) is 0 Å². The molecule has 0 saturated heterocycles. The first-order valence-electron chi connectivity index (χ1n) is 3.95. The summed E-state index contributed by atoms with van der Waals surface area (Å²) in [7, 11) is 0. The Morgan fingerprint density at radius 3 is 3.23 bits per heavy atom. The third kappa shape index (κ3) is 0.805. The summed E-state index contributed by atoms with van der Waals surface area (Å²) in [6, 6.07) is 4.15. The van der Waals surface area contributed by atoms with Gasteiger partial charge in [0.05, 0.1) is 16.4 Å². The van der Waals surface area contributed by atoms with Crippen LogP contribution in [-0.4, -0.2) is 9.38 Å². The summed E-state index contributed by atoms with van der Waals surface area (Å²) in [6.07, 6.45) is 3.76. The highest BCUT2D eigenvalue weighted by atomic mass is 32.1. The zero-order chi connectivity index (χ0) is 8.84. The number of aromatic nitrogens is 2. The fourth-order valence-electron chi connectivity index (χ4n) is 1.51. The van der Waals surface area contributed by atoms with Crippen molar-refractivity contribution >= 4 is 32.9 Å². The smallest absolute Gasteiger partial charge is 0.204 e. The van der Waals surface area contributed by atoms with Crippen LogP contribution in [0.4, 0.5) is 5.95 Å². The molecule has 0 aromatic carbocycles. The van der Waals surface area contributed by atoms with Gasteiger partial charge in [0.15, 0.2) is 0 Å². The van der Waals surface area contributed by atoms with Gasteiger partial charge in [0, 0.05) is 6.20 Å².